The van der Waals surface area contributed by atoms with Gasteiger partial charge in [-0.2, -0.15) is 5.10 Å². The Balaban J connectivity index is 1.25. The van der Waals surface area contributed by atoms with Crippen molar-refractivity contribution in [2.45, 2.75) is 45.4 Å². The van der Waals surface area contributed by atoms with Gasteiger partial charge >= 0.3 is 0 Å². The second-order valence-corrected chi connectivity index (χ2v) is 8.96. The number of amides is 1. The fourth-order valence-corrected chi connectivity index (χ4v) is 4.67. The molecule has 2 aliphatic heterocycles. The van der Waals surface area contributed by atoms with Crippen LogP contribution in [0.15, 0.2) is 42.7 Å². The predicted molar refractivity (Wildman–Crippen MR) is 116 cm³/mol. The number of nitrogens with zero attached hydrogens (tertiary/aromatic N) is 4. The quantitative estimate of drug-likeness (QED) is 0.749. The number of piperidine rings is 2. The highest BCUT2D eigenvalue weighted by Crippen LogP contribution is 2.22. The van der Waals surface area contributed by atoms with E-state index < -0.39 is 0 Å². The number of aromatic nitrogens is 2. The van der Waals surface area contributed by atoms with Crippen LogP contribution < -0.4 is 0 Å². The highest BCUT2D eigenvalue weighted by Gasteiger charge is 2.26. The number of hydrogen-bond donors (Lipinski definition) is 0. The van der Waals surface area contributed by atoms with Crippen LogP contribution in [0.3, 0.4) is 0 Å². The molecule has 0 saturated carbocycles. The number of hydrogen-bond acceptors (Lipinski definition) is 3. The van der Waals surface area contributed by atoms with Gasteiger partial charge in [-0.05, 0) is 74.7 Å². The van der Waals surface area contributed by atoms with Crippen LogP contribution in [0.2, 0.25) is 0 Å². The van der Waals surface area contributed by atoms with Gasteiger partial charge in [0.05, 0.1) is 11.9 Å². The minimum absolute atomic E-state index is 0.300. The van der Waals surface area contributed by atoms with Gasteiger partial charge in [0, 0.05) is 32.3 Å². The summed E-state index contributed by atoms with van der Waals surface area (Å²) in [5.74, 6) is 1.82. The van der Waals surface area contributed by atoms with Gasteiger partial charge in [0.2, 0.25) is 5.91 Å². The Morgan fingerprint density at radius 1 is 1.10 bits per heavy atom. The molecule has 2 aromatic rings. The number of benzene rings is 1. The average Bonchev–Trinajstić information content (AvgIpc) is 3.24. The third kappa shape index (κ3) is 5.47. The van der Waals surface area contributed by atoms with Crippen molar-refractivity contribution in [2.75, 3.05) is 32.7 Å². The topological polar surface area (TPSA) is 41.4 Å². The van der Waals surface area contributed by atoms with Crippen molar-refractivity contribution in [3.8, 4) is 5.69 Å². The molecule has 3 heterocycles. The molecule has 156 valence electrons. The maximum absolute atomic E-state index is 12.8. The fourth-order valence-electron chi connectivity index (χ4n) is 4.67. The van der Waals surface area contributed by atoms with E-state index in [0.29, 0.717) is 18.2 Å². The molecule has 1 amide bonds. The molecule has 5 nitrogen and oxygen atoms in total. The molecule has 0 bridgehead atoms. The zero-order chi connectivity index (χ0) is 20.1. The second kappa shape index (κ2) is 9.57. The molecule has 4 rings (SSSR count). The standard InChI is InChI=1S/C24H34N4O/c1-20-11-14-26(15-12-20)17-22-6-5-13-27(18-22)24(29)10-9-21-16-25-28(19-21)23-7-3-2-4-8-23/h2-4,7-8,16,19-20,22H,5-6,9-15,17-18H2,1H3. The van der Waals surface area contributed by atoms with Crippen molar-refractivity contribution in [3.63, 3.8) is 0 Å². The molecule has 1 atom stereocenters. The smallest absolute Gasteiger partial charge is 0.222 e. The first-order chi connectivity index (χ1) is 14.2. The molecule has 1 unspecified atom stereocenters. The van der Waals surface area contributed by atoms with Gasteiger partial charge in [-0.3, -0.25) is 4.79 Å². The van der Waals surface area contributed by atoms with E-state index in [9.17, 15) is 4.79 Å². The lowest BCUT2D eigenvalue weighted by molar-refractivity contribution is -0.133. The van der Waals surface area contributed by atoms with E-state index in [1.165, 1.54) is 38.9 Å². The molecule has 2 fully saturated rings. The van der Waals surface area contributed by atoms with Crippen molar-refractivity contribution in [2.24, 2.45) is 11.8 Å². The summed E-state index contributed by atoms with van der Waals surface area (Å²) in [7, 11) is 0. The maximum atomic E-state index is 12.8. The normalized spacial score (nSPS) is 21.4. The van der Waals surface area contributed by atoms with E-state index in [1.54, 1.807) is 0 Å². The monoisotopic (exact) mass is 394 g/mol. The van der Waals surface area contributed by atoms with Gasteiger partial charge in [0.15, 0.2) is 0 Å². The molecule has 2 aliphatic rings. The first-order valence-corrected chi connectivity index (χ1v) is 11.3. The van der Waals surface area contributed by atoms with Crippen LogP contribution in [-0.2, 0) is 11.2 Å². The van der Waals surface area contributed by atoms with Crippen LogP contribution in [0, 0.1) is 11.8 Å². The van der Waals surface area contributed by atoms with E-state index in [-0.39, 0.29) is 0 Å². The minimum Gasteiger partial charge on any atom is -0.342 e. The Kier molecular flexibility index (Phi) is 6.65. The van der Waals surface area contributed by atoms with E-state index in [0.717, 1.165) is 43.1 Å². The summed E-state index contributed by atoms with van der Waals surface area (Å²) in [4.78, 5) is 17.5. The van der Waals surface area contributed by atoms with Crippen LogP contribution in [0.1, 0.15) is 44.6 Å². The Bertz CT molecular complexity index is 779. The first kappa shape index (κ1) is 20.1. The summed E-state index contributed by atoms with van der Waals surface area (Å²) in [5, 5.41) is 4.45. The van der Waals surface area contributed by atoms with Gasteiger partial charge in [0.1, 0.15) is 0 Å². The predicted octanol–water partition coefficient (Wildman–Crippen LogP) is 3.78. The molecule has 0 spiro atoms. The highest BCUT2D eigenvalue weighted by molar-refractivity contribution is 5.76. The molecule has 2 saturated heterocycles. The molecule has 0 aliphatic carbocycles. The largest absolute Gasteiger partial charge is 0.342 e. The molecule has 5 heteroatoms. The van der Waals surface area contributed by atoms with Gasteiger partial charge in [-0.15, -0.1) is 0 Å². The number of likely N-dealkylation sites (tertiary alicyclic amines) is 2. The van der Waals surface area contributed by atoms with E-state index in [4.69, 9.17) is 0 Å². The minimum atomic E-state index is 0.300. The lowest BCUT2D eigenvalue weighted by Crippen LogP contribution is -2.45. The Morgan fingerprint density at radius 2 is 1.90 bits per heavy atom. The Hall–Kier alpha value is -2.14. The third-order valence-corrected chi connectivity index (χ3v) is 6.55. The molecule has 0 radical (unpaired) electrons. The Morgan fingerprint density at radius 3 is 2.69 bits per heavy atom. The van der Waals surface area contributed by atoms with Crippen LogP contribution in [0.5, 0.6) is 0 Å². The lowest BCUT2D eigenvalue weighted by atomic mass is 9.94. The summed E-state index contributed by atoms with van der Waals surface area (Å²) in [6, 6.07) is 10.1. The van der Waals surface area contributed by atoms with Crippen molar-refractivity contribution < 1.29 is 4.79 Å². The van der Waals surface area contributed by atoms with Crippen LogP contribution in [-0.4, -0.2) is 58.2 Å². The molecule has 0 N–H and O–H groups in total. The zero-order valence-corrected chi connectivity index (χ0v) is 17.7. The number of aryl methyl sites for hydroxylation is 1. The van der Waals surface area contributed by atoms with Gasteiger partial charge in [-0.1, -0.05) is 25.1 Å². The first-order valence-electron chi connectivity index (χ1n) is 11.3. The lowest BCUT2D eigenvalue weighted by Gasteiger charge is -2.38. The molecular weight excluding hydrogens is 360 g/mol. The van der Waals surface area contributed by atoms with Crippen LogP contribution in [0.25, 0.3) is 5.69 Å². The number of para-hydroxylation sites is 1. The van der Waals surface area contributed by atoms with Crippen LogP contribution >= 0.6 is 0 Å². The van der Waals surface area contributed by atoms with E-state index in [1.807, 2.05) is 47.4 Å². The summed E-state index contributed by atoms with van der Waals surface area (Å²) >= 11 is 0. The number of carbonyl (C=O) groups is 1. The van der Waals surface area contributed by atoms with Crippen molar-refractivity contribution in [1.82, 2.24) is 19.6 Å². The number of carbonyl (C=O) groups excluding carboxylic acids is 1. The van der Waals surface area contributed by atoms with Crippen molar-refractivity contribution in [3.05, 3.63) is 48.3 Å². The zero-order valence-electron chi connectivity index (χ0n) is 17.7. The van der Waals surface area contributed by atoms with Gasteiger partial charge < -0.3 is 9.80 Å². The fraction of sp³-hybridized carbons (Fsp3) is 0.583. The highest BCUT2D eigenvalue weighted by atomic mass is 16.2. The summed E-state index contributed by atoms with van der Waals surface area (Å²) in [6.07, 6.45) is 10.3. The second-order valence-electron chi connectivity index (χ2n) is 8.96. The van der Waals surface area contributed by atoms with Crippen molar-refractivity contribution >= 4 is 5.91 Å². The van der Waals surface area contributed by atoms with E-state index >= 15 is 0 Å². The number of rotatable bonds is 6. The maximum Gasteiger partial charge on any atom is 0.222 e. The summed E-state index contributed by atoms with van der Waals surface area (Å²) < 4.78 is 1.89. The van der Waals surface area contributed by atoms with Gasteiger partial charge in [-0.25, -0.2) is 4.68 Å². The third-order valence-electron chi connectivity index (χ3n) is 6.55. The van der Waals surface area contributed by atoms with E-state index in [2.05, 4.69) is 21.8 Å². The molecule has 1 aromatic carbocycles. The molecule has 29 heavy (non-hydrogen) atoms. The molecule has 1 aromatic heterocycles. The van der Waals surface area contributed by atoms with Crippen molar-refractivity contribution in [1.29, 1.82) is 0 Å². The Labute approximate surface area is 174 Å². The summed E-state index contributed by atoms with van der Waals surface area (Å²) in [5.41, 5.74) is 2.18. The molecular formula is C24H34N4O. The SMILES string of the molecule is CC1CCN(CC2CCCN(C(=O)CCc3cnn(-c4ccccc4)c3)C2)CC1. The van der Waals surface area contributed by atoms with Gasteiger partial charge in [0.25, 0.3) is 0 Å². The average molecular weight is 395 g/mol. The summed E-state index contributed by atoms with van der Waals surface area (Å²) in [6.45, 7) is 7.86. The van der Waals surface area contributed by atoms with Crippen LogP contribution in [0.4, 0.5) is 0 Å².